The van der Waals surface area contributed by atoms with Crippen LogP contribution >= 0.6 is 0 Å². The van der Waals surface area contributed by atoms with E-state index in [2.05, 4.69) is 9.72 Å². The summed E-state index contributed by atoms with van der Waals surface area (Å²) in [4.78, 5) is 14.3. The number of aromatic amines is 1. The zero-order valence-corrected chi connectivity index (χ0v) is 8.66. The summed E-state index contributed by atoms with van der Waals surface area (Å²) in [5.74, 6) is -0.788. The van der Waals surface area contributed by atoms with Gasteiger partial charge in [-0.25, -0.2) is 9.18 Å². The van der Waals surface area contributed by atoms with Crippen LogP contribution < -0.4 is 0 Å². The maximum atomic E-state index is 13.0. The molecular formula is C12H10FNO2. The standard InChI is InChI=1S/C12H10FNO2/c1-16-12(15)10-5-6-14-11(10)8-3-2-4-9(13)7-8/h2-7,14H,1H3. The Kier molecular flexibility index (Phi) is 2.72. The molecule has 0 aliphatic carbocycles. The molecule has 4 heteroatoms. The molecule has 0 radical (unpaired) electrons. The molecule has 1 aromatic carbocycles. The largest absolute Gasteiger partial charge is 0.465 e. The number of esters is 1. The third-order valence-electron chi connectivity index (χ3n) is 2.27. The molecule has 0 aliphatic rings. The maximum Gasteiger partial charge on any atom is 0.340 e. The van der Waals surface area contributed by atoms with Crippen LogP contribution in [0, 0.1) is 5.82 Å². The van der Waals surface area contributed by atoms with E-state index in [4.69, 9.17) is 0 Å². The van der Waals surface area contributed by atoms with Gasteiger partial charge in [-0.1, -0.05) is 12.1 Å². The minimum Gasteiger partial charge on any atom is -0.465 e. The van der Waals surface area contributed by atoms with Gasteiger partial charge in [-0.15, -0.1) is 0 Å². The summed E-state index contributed by atoms with van der Waals surface area (Å²) in [7, 11) is 1.31. The highest BCUT2D eigenvalue weighted by molar-refractivity contribution is 5.96. The van der Waals surface area contributed by atoms with Gasteiger partial charge in [-0.05, 0) is 18.2 Å². The van der Waals surface area contributed by atoms with E-state index in [9.17, 15) is 9.18 Å². The van der Waals surface area contributed by atoms with Gasteiger partial charge in [0.2, 0.25) is 0 Å². The lowest BCUT2D eigenvalue weighted by molar-refractivity contribution is 0.0602. The van der Waals surface area contributed by atoms with Crippen LogP contribution in [0.3, 0.4) is 0 Å². The molecule has 1 aromatic heterocycles. The summed E-state index contributed by atoms with van der Waals surface area (Å²) in [5.41, 5.74) is 1.57. The molecule has 2 rings (SSSR count). The van der Waals surface area contributed by atoms with Gasteiger partial charge in [0.05, 0.1) is 18.4 Å². The van der Waals surface area contributed by atoms with Crippen LogP contribution in [0.2, 0.25) is 0 Å². The fraction of sp³-hybridized carbons (Fsp3) is 0.0833. The fourth-order valence-electron chi connectivity index (χ4n) is 1.53. The van der Waals surface area contributed by atoms with E-state index in [0.717, 1.165) is 0 Å². The van der Waals surface area contributed by atoms with E-state index in [1.165, 1.54) is 19.2 Å². The number of ether oxygens (including phenoxy) is 1. The number of carbonyl (C=O) groups is 1. The van der Waals surface area contributed by atoms with Crippen LogP contribution in [0.25, 0.3) is 11.3 Å². The topological polar surface area (TPSA) is 42.1 Å². The van der Waals surface area contributed by atoms with E-state index in [1.54, 1.807) is 24.4 Å². The van der Waals surface area contributed by atoms with Gasteiger partial charge in [0, 0.05) is 11.8 Å². The Bertz CT molecular complexity index is 519. The van der Waals surface area contributed by atoms with E-state index in [0.29, 0.717) is 16.8 Å². The summed E-state index contributed by atoms with van der Waals surface area (Å²) >= 11 is 0. The number of hydrogen-bond donors (Lipinski definition) is 1. The van der Waals surface area contributed by atoms with E-state index in [1.807, 2.05) is 0 Å². The minimum absolute atomic E-state index is 0.345. The van der Waals surface area contributed by atoms with Crippen molar-refractivity contribution in [2.45, 2.75) is 0 Å². The number of hydrogen-bond acceptors (Lipinski definition) is 2. The van der Waals surface area contributed by atoms with Crippen molar-refractivity contribution in [3.05, 3.63) is 47.9 Å². The van der Waals surface area contributed by atoms with Crippen molar-refractivity contribution in [3.8, 4) is 11.3 Å². The van der Waals surface area contributed by atoms with E-state index >= 15 is 0 Å². The molecule has 0 fully saturated rings. The van der Waals surface area contributed by atoms with Gasteiger partial charge in [0.15, 0.2) is 0 Å². The number of carbonyl (C=O) groups excluding carboxylic acids is 1. The molecule has 0 spiro atoms. The predicted molar refractivity (Wildman–Crippen MR) is 57.5 cm³/mol. The summed E-state index contributed by atoms with van der Waals surface area (Å²) in [6.07, 6.45) is 1.62. The average Bonchev–Trinajstić information content (AvgIpc) is 2.77. The van der Waals surface area contributed by atoms with Gasteiger partial charge in [-0.2, -0.15) is 0 Å². The van der Waals surface area contributed by atoms with Gasteiger partial charge in [0.25, 0.3) is 0 Å². The second-order valence-electron chi connectivity index (χ2n) is 3.27. The van der Waals surface area contributed by atoms with Crippen molar-refractivity contribution >= 4 is 5.97 Å². The van der Waals surface area contributed by atoms with Gasteiger partial charge < -0.3 is 9.72 Å². The molecule has 3 nitrogen and oxygen atoms in total. The van der Waals surface area contributed by atoms with Crippen LogP contribution in [0.15, 0.2) is 36.5 Å². The molecule has 2 aromatic rings. The maximum absolute atomic E-state index is 13.0. The third kappa shape index (κ3) is 1.82. The Morgan fingerprint density at radius 3 is 2.88 bits per heavy atom. The molecule has 0 bridgehead atoms. The van der Waals surface area contributed by atoms with Crippen LogP contribution in [0.4, 0.5) is 4.39 Å². The second kappa shape index (κ2) is 4.18. The number of rotatable bonds is 2. The van der Waals surface area contributed by atoms with Crippen molar-refractivity contribution in [2.24, 2.45) is 0 Å². The Hall–Kier alpha value is -2.10. The molecular weight excluding hydrogens is 209 g/mol. The zero-order valence-electron chi connectivity index (χ0n) is 8.66. The van der Waals surface area contributed by atoms with Crippen LogP contribution in [-0.2, 0) is 4.74 Å². The summed E-state index contributed by atoms with van der Waals surface area (Å²) in [6.45, 7) is 0. The fourth-order valence-corrected chi connectivity index (χ4v) is 1.53. The molecule has 82 valence electrons. The third-order valence-corrected chi connectivity index (χ3v) is 2.27. The van der Waals surface area contributed by atoms with Crippen molar-refractivity contribution < 1.29 is 13.9 Å². The van der Waals surface area contributed by atoms with Gasteiger partial charge in [-0.3, -0.25) is 0 Å². The number of benzene rings is 1. The van der Waals surface area contributed by atoms with Crippen molar-refractivity contribution in [1.29, 1.82) is 0 Å². The minimum atomic E-state index is -0.444. The van der Waals surface area contributed by atoms with Crippen molar-refractivity contribution in [3.63, 3.8) is 0 Å². The lowest BCUT2D eigenvalue weighted by atomic mass is 10.1. The molecule has 16 heavy (non-hydrogen) atoms. The molecule has 0 saturated heterocycles. The first kappa shape index (κ1) is 10.4. The number of nitrogens with one attached hydrogen (secondary N) is 1. The molecule has 1 heterocycles. The first-order valence-corrected chi connectivity index (χ1v) is 4.74. The quantitative estimate of drug-likeness (QED) is 0.789. The number of halogens is 1. The molecule has 1 N–H and O–H groups in total. The smallest absolute Gasteiger partial charge is 0.340 e. The Morgan fingerprint density at radius 1 is 1.38 bits per heavy atom. The van der Waals surface area contributed by atoms with Crippen LogP contribution in [-0.4, -0.2) is 18.1 Å². The first-order chi connectivity index (χ1) is 7.72. The molecule has 0 unspecified atom stereocenters. The van der Waals surface area contributed by atoms with Crippen LogP contribution in [0.5, 0.6) is 0 Å². The average molecular weight is 219 g/mol. The molecule has 0 amide bonds. The van der Waals surface area contributed by atoms with Crippen LogP contribution in [0.1, 0.15) is 10.4 Å². The SMILES string of the molecule is COC(=O)c1cc[nH]c1-c1cccc(F)c1. The highest BCUT2D eigenvalue weighted by Gasteiger charge is 2.14. The summed E-state index contributed by atoms with van der Waals surface area (Å²) < 4.78 is 17.7. The Labute approximate surface area is 91.9 Å². The number of methoxy groups -OCH3 is 1. The van der Waals surface area contributed by atoms with E-state index < -0.39 is 5.97 Å². The predicted octanol–water partition coefficient (Wildman–Crippen LogP) is 2.61. The number of aromatic nitrogens is 1. The zero-order chi connectivity index (χ0) is 11.5. The number of H-pyrrole nitrogens is 1. The lowest BCUT2D eigenvalue weighted by Gasteiger charge is -2.02. The summed E-state index contributed by atoms with van der Waals surface area (Å²) in [5, 5.41) is 0. The summed E-state index contributed by atoms with van der Waals surface area (Å²) in [6, 6.07) is 7.63. The van der Waals surface area contributed by atoms with E-state index in [-0.39, 0.29) is 5.82 Å². The first-order valence-electron chi connectivity index (χ1n) is 4.74. The van der Waals surface area contributed by atoms with Gasteiger partial charge >= 0.3 is 5.97 Å². The highest BCUT2D eigenvalue weighted by atomic mass is 19.1. The monoisotopic (exact) mass is 219 g/mol. The Morgan fingerprint density at radius 2 is 2.19 bits per heavy atom. The lowest BCUT2D eigenvalue weighted by Crippen LogP contribution is -2.01. The second-order valence-corrected chi connectivity index (χ2v) is 3.27. The van der Waals surface area contributed by atoms with Crippen molar-refractivity contribution in [1.82, 2.24) is 4.98 Å². The van der Waals surface area contributed by atoms with Crippen molar-refractivity contribution in [2.75, 3.05) is 7.11 Å². The molecule has 0 aliphatic heterocycles. The molecule has 0 atom stereocenters. The van der Waals surface area contributed by atoms with Gasteiger partial charge in [0.1, 0.15) is 5.82 Å². The normalized spacial score (nSPS) is 10.1. The molecule has 0 saturated carbocycles. The Balaban J connectivity index is 2.48. The highest BCUT2D eigenvalue weighted by Crippen LogP contribution is 2.23.